The molecule has 2 N–H and O–H groups in total. The van der Waals surface area contributed by atoms with Crippen molar-refractivity contribution in [2.45, 2.75) is 46.2 Å². The van der Waals surface area contributed by atoms with E-state index in [1.54, 1.807) is 6.20 Å². The molecule has 0 atom stereocenters. The highest BCUT2D eigenvalue weighted by atomic mass is 15.3. The average Bonchev–Trinajstić information content (AvgIpc) is 2.97. The predicted octanol–water partition coefficient (Wildman–Crippen LogP) is 1.88. The maximum Gasteiger partial charge on any atom is 0.0945 e. The van der Waals surface area contributed by atoms with Crippen molar-refractivity contribution in [3.05, 3.63) is 30.1 Å². The molecule has 0 fully saturated rings. The summed E-state index contributed by atoms with van der Waals surface area (Å²) in [6.45, 7) is 6.09. The van der Waals surface area contributed by atoms with Gasteiger partial charge in [0.1, 0.15) is 0 Å². The summed E-state index contributed by atoms with van der Waals surface area (Å²) in [5.41, 5.74) is 9.16. The zero-order valence-corrected chi connectivity index (χ0v) is 11.1. The maximum absolute atomic E-state index is 6.09. The molecule has 5 nitrogen and oxygen atoms in total. The minimum Gasteiger partial charge on any atom is -0.396 e. The first-order valence-electron chi connectivity index (χ1n) is 6.56. The highest BCUT2D eigenvalue weighted by molar-refractivity contribution is 5.48. The van der Waals surface area contributed by atoms with E-state index in [1.807, 2.05) is 12.5 Å². The molecule has 2 aromatic rings. The molecule has 0 spiro atoms. The number of nitrogens with two attached hydrogens (primary N) is 1. The van der Waals surface area contributed by atoms with Gasteiger partial charge in [-0.2, -0.15) is 5.10 Å². The van der Waals surface area contributed by atoms with Crippen LogP contribution in [-0.4, -0.2) is 19.3 Å². The molecule has 0 aliphatic rings. The molecule has 0 saturated carbocycles. The minimum absolute atomic E-state index is 0.877. The van der Waals surface area contributed by atoms with Crippen molar-refractivity contribution in [3.63, 3.8) is 0 Å². The fraction of sp³-hybridized carbons (Fsp3) is 0.538. The zero-order valence-electron chi connectivity index (χ0n) is 11.1. The number of hydrogen-bond acceptors (Lipinski definition) is 3. The Bertz CT molecular complexity index is 484. The Hall–Kier alpha value is -1.78. The molecule has 0 aliphatic carbocycles. The topological polar surface area (TPSA) is 61.7 Å². The number of hydrogen-bond donors (Lipinski definition) is 1. The van der Waals surface area contributed by atoms with Crippen molar-refractivity contribution in [2.75, 3.05) is 5.73 Å². The number of rotatable bonds is 6. The van der Waals surface area contributed by atoms with Gasteiger partial charge >= 0.3 is 0 Å². The SMILES string of the molecule is CCc1nn(CCCn2ccnc2)c(CC)c1N. The van der Waals surface area contributed by atoms with Gasteiger partial charge in [0.2, 0.25) is 0 Å². The lowest BCUT2D eigenvalue weighted by molar-refractivity contribution is 0.510. The van der Waals surface area contributed by atoms with E-state index in [-0.39, 0.29) is 0 Å². The van der Waals surface area contributed by atoms with Crippen LogP contribution in [0.5, 0.6) is 0 Å². The summed E-state index contributed by atoms with van der Waals surface area (Å²) in [6.07, 6.45) is 8.49. The third-order valence-electron chi connectivity index (χ3n) is 3.19. The Morgan fingerprint density at radius 3 is 2.67 bits per heavy atom. The molecule has 2 heterocycles. The van der Waals surface area contributed by atoms with Gasteiger partial charge in [-0.05, 0) is 19.3 Å². The van der Waals surface area contributed by atoms with E-state index in [2.05, 4.69) is 33.2 Å². The maximum atomic E-state index is 6.09. The van der Waals surface area contributed by atoms with E-state index in [4.69, 9.17) is 5.73 Å². The van der Waals surface area contributed by atoms with E-state index in [9.17, 15) is 0 Å². The summed E-state index contributed by atoms with van der Waals surface area (Å²) in [6, 6.07) is 0. The molecule has 5 heteroatoms. The van der Waals surface area contributed by atoms with Crippen LogP contribution in [0.4, 0.5) is 5.69 Å². The Labute approximate surface area is 108 Å². The number of anilines is 1. The number of aromatic nitrogens is 4. The summed E-state index contributed by atoms with van der Waals surface area (Å²) in [7, 11) is 0. The second-order valence-electron chi connectivity index (χ2n) is 4.39. The molecule has 98 valence electrons. The van der Waals surface area contributed by atoms with Crippen LogP contribution in [0.25, 0.3) is 0 Å². The largest absolute Gasteiger partial charge is 0.396 e. The number of nitrogen functional groups attached to an aromatic ring is 1. The van der Waals surface area contributed by atoms with Gasteiger partial charge in [-0.1, -0.05) is 13.8 Å². The Balaban J connectivity index is 2.00. The average molecular weight is 247 g/mol. The fourth-order valence-electron chi connectivity index (χ4n) is 2.21. The van der Waals surface area contributed by atoms with Gasteiger partial charge in [-0.25, -0.2) is 4.98 Å². The van der Waals surface area contributed by atoms with Crippen LogP contribution in [0.2, 0.25) is 0 Å². The Morgan fingerprint density at radius 2 is 2.06 bits per heavy atom. The van der Waals surface area contributed by atoms with Crippen LogP contribution in [-0.2, 0) is 25.9 Å². The third kappa shape index (κ3) is 2.55. The lowest BCUT2D eigenvalue weighted by Crippen LogP contribution is -2.08. The zero-order chi connectivity index (χ0) is 13.0. The van der Waals surface area contributed by atoms with Crippen LogP contribution < -0.4 is 5.73 Å². The van der Waals surface area contributed by atoms with Gasteiger partial charge in [0, 0.05) is 25.5 Å². The lowest BCUT2D eigenvalue weighted by atomic mass is 10.2. The standard InChI is InChI=1S/C13H21N5/c1-3-11-13(14)12(4-2)18(16-11)8-5-7-17-9-6-15-10-17/h6,9-10H,3-5,7-8,14H2,1-2H3. The van der Waals surface area contributed by atoms with Crippen molar-refractivity contribution in [1.82, 2.24) is 19.3 Å². The highest BCUT2D eigenvalue weighted by Gasteiger charge is 2.11. The van der Waals surface area contributed by atoms with Crippen molar-refractivity contribution in [1.29, 1.82) is 0 Å². The van der Waals surface area contributed by atoms with Gasteiger partial charge in [-0.15, -0.1) is 0 Å². The Morgan fingerprint density at radius 1 is 1.22 bits per heavy atom. The summed E-state index contributed by atoms with van der Waals surface area (Å²) in [5.74, 6) is 0. The first-order valence-corrected chi connectivity index (χ1v) is 6.56. The van der Waals surface area contributed by atoms with E-state index in [0.717, 1.165) is 49.4 Å². The van der Waals surface area contributed by atoms with Crippen LogP contribution in [0.3, 0.4) is 0 Å². The molecule has 18 heavy (non-hydrogen) atoms. The summed E-state index contributed by atoms with van der Waals surface area (Å²) < 4.78 is 4.14. The summed E-state index contributed by atoms with van der Waals surface area (Å²) in [5, 5.41) is 4.58. The Kier molecular flexibility index (Phi) is 4.02. The van der Waals surface area contributed by atoms with Crippen LogP contribution >= 0.6 is 0 Å². The number of aryl methyl sites for hydroxylation is 3. The van der Waals surface area contributed by atoms with Gasteiger partial charge < -0.3 is 10.3 Å². The van der Waals surface area contributed by atoms with E-state index in [1.165, 1.54) is 0 Å². The first kappa shape index (κ1) is 12.7. The molecule has 2 aromatic heterocycles. The smallest absolute Gasteiger partial charge is 0.0945 e. The molecule has 0 saturated heterocycles. The molecule has 0 aromatic carbocycles. The van der Waals surface area contributed by atoms with Crippen molar-refractivity contribution >= 4 is 5.69 Å². The van der Waals surface area contributed by atoms with Crippen molar-refractivity contribution in [3.8, 4) is 0 Å². The molecule has 0 radical (unpaired) electrons. The summed E-state index contributed by atoms with van der Waals surface area (Å²) >= 11 is 0. The normalized spacial score (nSPS) is 11.0. The lowest BCUT2D eigenvalue weighted by Gasteiger charge is -2.06. The van der Waals surface area contributed by atoms with Gasteiger partial charge in [0.05, 0.1) is 23.4 Å². The first-order chi connectivity index (χ1) is 8.76. The number of imidazole rings is 1. The van der Waals surface area contributed by atoms with E-state index < -0.39 is 0 Å². The monoisotopic (exact) mass is 247 g/mol. The predicted molar refractivity (Wildman–Crippen MR) is 72.2 cm³/mol. The van der Waals surface area contributed by atoms with Crippen LogP contribution in [0.15, 0.2) is 18.7 Å². The quantitative estimate of drug-likeness (QED) is 0.847. The van der Waals surface area contributed by atoms with Crippen molar-refractivity contribution < 1.29 is 0 Å². The second kappa shape index (κ2) is 5.71. The fourth-order valence-corrected chi connectivity index (χ4v) is 2.21. The van der Waals surface area contributed by atoms with Gasteiger partial charge in [0.25, 0.3) is 0 Å². The van der Waals surface area contributed by atoms with Gasteiger partial charge in [-0.3, -0.25) is 4.68 Å². The molecule has 0 bridgehead atoms. The van der Waals surface area contributed by atoms with Gasteiger partial charge in [0.15, 0.2) is 0 Å². The van der Waals surface area contributed by atoms with E-state index >= 15 is 0 Å². The molecule has 0 unspecified atom stereocenters. The second-order valence-corrected chi connectivity index (χ2v) is 4.39. The molecular formula is C13H21N5. The number of nitrogens with zero attached hydrogens (tertiary/aromatic N) is 4. The molecule has 0 aliphatic heterocycles. The van der Waals surface area contributed by atoms with Crippen molar-refractivity contribution in [2.24, 2.45) is 0 Å². The molecular weight excluding hydrogens is 226 g/mol. The summed E-state index contributed by atoms with van der Waals surface area (Å²) in [4.78, 5) is 4.03. The molecule has 2 rings (SSSR count). The third-order valence-corrected chi connectivity index (χ3v) is 3.19. The van der Waals surface area contributed by atoms with E-state index in [0.29, 0.717) is 0 Å². The molecule has 0 amide bonds. The highest BCUT2D eigenvalue weighted by Crippen LogP contribution is 2.18. The van der Waals surface area contributed by atoms with Crippen LogP contribution in [0, 0.1) is 0 Å². The minimum atomic E-state index is 0.877. The van der Waals surface area contributed by atoms with Crippen LogP contribution in [0.1, 0.15) is 31.7 Å².